The zero-order valence-electron chi connectivity index (χ0n) is 8.76. The molecule has 1 aliphatic rings. The summed E-state index contributed by atoms with van der Waals surface area (Å²) >= 11 is 0. The number of hydrogen-bond donors (Lipinski definition) is 0. The van der Waals surface area contributed by atoms with Crippen LogP contribution in [-0.2, 0) is 4.74 Å². The number of unbranched alkanes of at least 4 members (excludes halogenated alkanes) is 7. The van der Waals surface area contributed by atoms with E-state index >= 15 is 0 Å². The van der Waals surface area contributed by atoms with Crippen LogP contribution in [0.5, 0.6) is 0 Å². The van der Waals surface area contributed by atoms with Gasteiger partial charge in [-0.3, -0.25) is 0 Å². The van der Waals surface area contributed by atoms with Crippen LogP contribution in [0.3, 0.4) is 0 Å². The van der Waals surface area contributed by atoms with Crippen LogP contribution < -0.4 is 0 Å². The van der Waals surface area contributed by atoms with Crippen molar-refractivity contribution in [2.45, 2.75) is 63.9 Å². The number of ether oxygens (including phenoxy) is 1. The third kappa shape index (κ3) is 7.06. The lowest BCUT2D eigenvalue weighted by Gasteiger charge is -1.99. The Hall–Kier alpha value is -0.0400. The second-order valence-electron chi connectivity index (χ2n) is 4.07. The Labute approximate surface area is 82.9 Å². The van der Waals surface area contributed by atoms with E-state index < -0.39 is 0 Å². The summed E-state index contributed by atoms with van der Waals surface area (Å²) in [5.74, 6) is 0. The van der Waals surface area contributed by atoms with Crippen molar-refractivity contribution in [2.24, 2.45) is 0 Å². The molecule has 0 saturated carbocycles. The molecule has 1 unspecified atom stereocenters. The average Bonchev–Trinajstić information content (AvgIpc) is 2.93. The molecule has 1 fully saturated rings. The molecular weight excluding hydrogens is 160 g/mol. The van der Waals surface area contributed by atoms with Crippen molar-refractivity contribution in [1.29, 1.82) is 0 Å². The van der Waals surface area contributed by atoms with Crippen molar-refractivity contribution in [3.63, 3.8) is 0 Å². The molecule has 0 aliphatic carbocycles. The molecule has 1 atom stereocenters. The fourth-order valence-electron chi connectivity index (χ4n) is 1.67. The van der Waals surface area contributed by atoms with Crippen molar-refractivity contribution in [3.05, 3.63) is 6.92 Å². The summed E-state index contributed by atoms with van der Waals surface area (Å²) in [5.41, 5.74) is 0. The minimum atomic E-state index is 0.645. The van der Waals surface area contributed by atoms with E-state index in [1.807, 2.05) is 0 Å². The fourth-order valence-corrected chi connectivity index (χ4v) is 1.67. The summed E-state index contributed by atoms with van der Waals surface area (Å²) in [6.07, 6.45) is 12.8. The Morgan fingerprint density at radius 2 is 1.46 bits per heavy atom. The summed E-state index contributed by atoms with van der Waals surface area (Å²) in [5, 5.41) is 0. The van der Waals surface area contributed by atoms with Crippen LogP contribution in [0.1, 0.15) is 57.8 Å². The fraction of sp³-hybridized carbons (Fsp3) is 0.917. The summed E-state index contributed by atoms with van der Waals surface area (Å²) < 4.78 is 5.16. The van der Waals surface area contributed by atoms with Gasteiger partial charge < -0.3 is 4.74 Å². The lowest BCUT2D eigenvalue weighted by Crippen LogP contribution is -1.85. The average molecular weight is 183 g/mol. The highest BCUT2D eigenvalue weighted by Gasteiger charge is 2.20. The predicted octanol–water partition coefficient (Wildman–Crippen LogP) is 3.73. The van der Waals surface area contributed by atoms with Gasteiger partial charge in [-0.05, 0) is 6.42 Å². The molecule has 13 heavy (non-hydrogen) atoms. The van der Waals surface area contributed by atoms with Crippen LogP contribution >= 0.6 is 0 Å². The molecule has 1 nitrogen and oxygen atoms in total. The minimum absolute atomic E-state index is 0.645. The first-order valence-corrected chi connectivity index (χ1v) is 5.84. The van der Waals surface area contributed by atoms with Gasteiger partial charge in [-0.15, -0.1) is 0 Å². The van der Waals surface area contributed by atoms with Gasteiger partial charge in [0.05, 0.1) is 12.7 Å². The molecule has 77 valence electrons. The van der Waals surface area contributed by atoms with Gasteiger partial charge in [0.25, 0.3) is 0 Å². The molecule has 0 aromatic carbocycles. The predicted molar refractivity (Wildman–Crippen MR) is 56.7 cm³/mol. The summed E-state index contributed by atoms with van der Waals surface area (Å²) in [7, 11) is 0. The number of hydrogen-bond acceptors (Lipinski definition) is 1. The zero-order valence-corrected chi connectivity index (χ0v) is 8.76. The van der Waals surface area contributed by atoms with Crippen LogP contribution in [-0.4, -0.2) is 12.7 Å². The number of rotatable bonds is 9. The van der Waals surface area contributed by atoms with Gasteiger partial charge in [0.1, 0.15) is 0 Å². The maximum absolute atomic E-state index is 5.16. The maximum Gasteiger partial charge on any atom is 0.0810 e. The standard InChI is InChI=1S/C12H23O/c1-2-3-4-5-6-7-8-9-10-12-11-13-12/h12H,1-11H2. The first-order chi connectivity index (χ1) is 6.43. The van der Waals surface area contributed by atoms with Crippen LogP contribution in [0.2, 0.25) is 0 Å². The molecule has 1 saturated heterocycles. The van der Waals surface area contributed by atoms with Gasteiger partial charge in [-0.25, -0.2) is 0 Å². The molecule has 1 rings (SSSR count). The maximum atomic E-state index is 5.16. The molecule has 1 radical (unpaired) electrons. The van der Waals surface area contributed by atoms with Gasteiger partial charge in [0, 0.05) is 0 Å². The zero-order chi connectivity index (χ0) is 9.36. The second-order valence-corrected chi connectivity index (χ2v) is 4.07. The monoisotopic (exact) mass is 183 g/mol. The Morgan fingerprint density at radius 1 is 0.923 bits per heavy atom. The van der Waals surface area contributed by atoms with E-state index in [4.69, 9.17) is 4.74 Å². The van der Waals surface area contributed by atoms with Crippen molar-refractivity contribution in [3.8, 4) is 0 Å². The molecular formula is C12H23O. The van der Waals surface area contributed by atoms with E-state index in [-0.39, 0.29) is 0 Å². The molecule has 0 bridgehead atoms. The SMILES string of the molecule is [CH2]CCCCCCCCCC1CO1. The van der Waals surface area contributed by atoms with Crippen molar-refractivity contribution < 1.29 is 4.74 Å². The molecule has 1 aliphatic heterocycles. The Balaban J connectivity index is 1.63. The molecule has 0 spiro atoms. The van der Waals surface area contributed by atoms with Crippen LogP contribution in [0.25, 0.3) is 0 Å². The van der Waals surface area contributed by atoms with Gasteiger partial charge >= 0.3 is 0 Å². The first-order valence-electron chi connectivity index (χ1n) is 5.84. The van der Waals surface area contributed by atoms with Gasteiger partial charge in [-0.1, -0.05) is 58.3 Å². The van der Waals surface area contributed by atoms with Gasteiger partial charge in [-0.2, -0.15) is 0 Å². The van der Waals surface area contributed by atoms with Gasteiger partial charge in [0.2, 0.25) is 0 Å². The lowest BCUT2D eigenvalue weighted by molar-refractivity contribution is 0.387. The molecule has 0 aromatic rings. The molecule has 0 N–H and O–H groups in total. The van der Waals surface area contributed by atoms with E-state index in [0.29, 0.717) is 6.10 Å². The Kier molecular flexibility index (Phi) is 6.26. The smallest absolute Gasteiger partial charge is 0.0810 e. The van der Waals surface area contributed by atoms with E-state index in [9.17, 15) is 0 Å². The van der Waals surface area contributed by atoms with E-state index in [1.54, 1.807) is 0 Å². The van der Waals surface area contributed by atoms with Crippen molar-refractivity contribution in [2.75, 3.05) is 6.61 Å². The van der Waals surface area contributed by atoms with Crippen LogP contribution in [0.4, 0.5) is 0 Å². The highest BCUT2D eigenvalue weighted by Crippen LogP contribution is 2.18. The van der Waals surface area contributed by atoms with Crippen molar-refractivity contribution in [1.82, 2.24) is 0 Å². The largest absolute Gasteiger partial charge is 0.373 e. The molecule has 0 aromatic heterocycles. The second kappa shape index (κ2) is 7.37. The summed E-state index contributed by atoms with van der Waals surface area (Å²) in [4.78, 5) is 0. The quantitative estimate of drug-likeness (QED) is 0.392. The Bertz CT molecular complexity index is 108. The topological polar surface area (TPSA) is 12.5 Å². The Morgan fingerprint density at radius 3 is 2.00 bits per heavy atom. The van der Waals surface area contributed by atoms with Crippen LogP contribution in [0, 0.1) is 6.92 Å². The molecule has 1 heteroatoms. The normalized spacial score (nSPS) is 20.5. The molecule has 1 heterocycles. The third-order valence-electron chi connectivity index (χ3n) is 2.68. The van der Waals surface area contributed by atoms with E-state index in [0.717, 1.165) is 13.0 Å². The highest BCUT2D eigenvalue weighted by molar-refractivity contribution is 4.68. The third-order valence-corrected chi connectivity index (χ3v) is 2.68. The highest BCUT2D eigenvalue weighted by atomic mass is 16.6. The van der Waals surface area contributed by atoms with Gasteiger partial charge in [0.15, 0.2) is 0 Å². The number of epoxide rings is 1. The van der Waals surface area contributed by atoms with E-state index in [1.165, 1.54) is 51.4 Å². The van der Waals surface area contributed by atoms with E-state index in [2.05, 4.69) is 6.92 Å². The lowest BCUT2D eigenvalue weighted by atomic mass is 10.1. The summed E-state index contributed by atoms with van der Waals surface area (Å²) in [6.45, 7) is 4.88. The molecule has 0 amide bonds. The van der Waals surface area contributed by atoms with Crippen LogP contribution in [0.15, 0.2) is 0 Å². The minimum Gasteiger partial charge on any atom is -0.373 e. The first kappa shape index (κ1) is 11.0. The summed E-state index contributed by atoms with van der Waals surface area (Å²) in [6, 6.07) is 0. The van der Waals surface area contributed by atoms with Crippen molar-refractivity contribution >= 4 is 0 Å².